The van der Waals surface area contributed by atoms with Crippen LogP contribution in [0.4, 0.5) is 0 Å². The predicted molar refractivity (Wildman–Crippen MR) is 193 cm³/mol. The number of nitrogens with one attached hydrogen (secondary N) is 4. The van der Waals surface area contributed by atoms with Crippen molar-refractivity contribution in [3.05, 3.63) is 60.2 Å². The van der Waals surface area contributed by atoms with Crippen LogP contribution in [0.3, 0.4) is 0 Å². The number of benzene rings is 1. The third kappa shape index (κ3) is 9.90. The van der Waals surface area contributed by atoms with Crippen molar-refractivity contribution in [1.82, 2.24) is 36.1 Å². The van der Waals surface area contributed by atoms with Gasteiger partial charge in [0.1, 0.15) is 35.6 Å². The molecule has 1 aromatic carbocycles. The van der Waals surface area contributed by atoms with E-state index in [1.165, 1.54) is 23.5 Å². The number of Topliss-reactive ketones (excluding diaryl/α,β-unsaturated/α-hetero) is 2. The van der Waals surface area contributed by atoms with Crippen LogP contribution in [0.25, 0.3) is 0 Å². The molecule has 1 saturated carbocycles. The minimum absolute atomic E-state index is 0.000733. The van der Waals surface area contributed by atoms with Gasteiger partial charge in [0.25, 0.3) is 11.8 Å². The number of ketones is 2. The summed E-state index contributed by atoms with van der Waals surface area (Å²) in [7, 11) is 0. The van der Waals surface area contributed by atoms with Gasteiger partial charge in [0.15, 0.2) is 0 Å². The van der Waals surface area contributed by atoms with E-state index < -0.39 is 95.2 Å². The Hall–Kier alpha value is -5.54. The van der Waals surface area contributed by atoms with Crippen molar-refractivity contribution in [3.8, 4) is 0 Å². The Morgan fingerprint density at radius 3 is 2.17 bits per heavy atom. The minimum atomic E-state index is -1.41. The van der Waals surface area contributed by atoms with Crippen LogP contribution in [0.5, 0.6) is 0 Å². The number of aromatic nitrogens is 2. The molecule has 54 heavy (non-hydrogen) atoms. The summed E-state index contributed by atoms with van der Waals surface area (Å²) in [5.41, 5.74) is 0.630. The number of carboxylic acid groups (broad SMARTS) is 1. The Labute approximate surface area is 313 Å². The van der Waals surface area contributed by atoms with Crippen molar-refractivity contribution in [2.24, 2.45) is 23.7 Å². The molecule has 7 atom stereocenters. The van der Waals surface area contributed by atoms with Gasteiger partial charge >= 0.3 is 5.97 Å². The summed E-state index contributed by atoms with van der Waals surface area (Å²) in [6, 6.07) is 2.42. The first-order valence-corrected chi connectivity index (χ1v) is 18.3. The lowest BCUT2D eigenvalue weighted by Crippen LogP contribution is -2.60. The average Bonchev–Trinajstić information content (AvgIpc) is 3.71. The van der Waals surface area contributed by atoms with Crippen LogP contribution in [0.2, 0.25) is 0 Å². The Morgan fingerprint density at radius 2 is 1.57 bits per heavy atom. The van der Waals surface area contributed by atoms with Gasteiger partial charge in [-0.25, -0.2) is 9.78 Å². The van der Waals surface area contributed by atoms with Crippen molar-refractivity contribution in [1.29, 1.82) is 0 Å². The van der Waals surface area contributed by atoms with Crippen molar-refractivity contribution in [2.75, 3.05) is 6.54 Å². The molecule has 0 spiro atoms. The molecule has 0 bridgehead atoms. The number of hydrogen-bond acceptors (Lipinski definition) is 10. The van der Waals surface area contributed by atoms with Gasteiger partial charge in [-0.05, 0) is 30.2 Å². The maximum Gasteiger partial charge on any atom is 0.326 e. The summed E-state index contributed by atoms with van der Waals surface area (Å²) < 4.78 is 0. The van der Waals surface area contributed by atoms with Crippen LogP contribution < -0.4 is 21.3 Å². The first-order valence-electron chi connectivity index (χ1n) is 18.3. The second kappa shape index (κ2) is 18.5. The van der Waals surface area contributed by atoms with E-state index in [1.807, 2.05) is 0 Å². The molecule has 2 aliphatic rings. The third-order valence-corrected chi connectivity index (χ3v) is 9.92. The van der Waals surface area contributed by atoms with Gasteiger partial charge in [-0.3, -0.25) is 38.5 Å². The molecule has 1 aromatic heterocycles. The highest BCUT2D eigenvalue weighted by atomic mass is 16.4. The molecule has 290 valence electrons. The number of fused-ring (bicyclic) bond motifs is 1. The molecular weight excluding hydrogens is 698 g/mol. The highest BCUT2D eigenvalue weighted by Gasteiger charge is 2.54. The highest BCUT2D eigenvalue weighted by molar-refractivity contribution is 6.38. The molecule has 16 heteroatoms. The van der Waals surface area contributed by atoms with Gasteiger partial charge in [0, 0.05) is 43.6 Å². The zero-order valence-corrected chi connectivity index (χ0v) is 31.1. The summed E-state index contributed by atoms with van der Waals surface area (Å²) in [6.45, 7) is 8.52. The largest absolute Gasteiger partial charge is 0.480 e. The van der Waals surface area contributed by atoms with Crippen LogP contribution in [0, 0.1) is 23.7 Å². The molecule has 1 saturated heterocycles. The monoisotopic (exact) mass is 747 g/mol. The zero-order valence-electron chi connectivity index (χ0n) is 31.1. The zero-order chi connectivity index (χ0) is 39.7. The smallest absolute Gasteiger partial charge is 0.326 e. The van der Waals surface area contributed by atoms with Crippen LogP contribution in [0.15, 0.2) is 48.9 Å². The number of amides is 5. The topological polar surface area (TPSA) is 234 Å². The Balaban J connectivity index is 1.52. The molecule has 2 fully saturated rings. The average molecular weight is 748 g/mol. The molecule has 2 unspecified atom stereocenters. The standard InChI is InChI=1S/C38H49N7O9/c1-6-10-25(32(47)36(51)42-26(38(53)54)17-22-11-8-7-9-12-22)41-35(50)31-23-13-14-28(46)24(23)19-45(31)37(52)30(21(4)5)44-34(49)29(20(2)3)43-33(48)27-18-39-15-16-40-27/h7-9,11-12,15-16,18,20-21,23-26,29-31H,6,10,13-14,17,19H2,1-5H3,(H,41,50)(H,42,51)(H,43,48)(H,44,49)(H,53,54)/t23-,24?,25?,26-,29+,30-,31-/m0/s1. The Morgan fingerprint density at radius 1 is 0.889 bits per heavy atom. The number of carboxylic acids is 1. The maximum absolute atomic E-state index is 14.3. The molecule has 2 heterocycles. The lowest BCUT2D eigenvalue weighted by molar-refractivity contribution is -0.146. The molecular formula is C38H49N7O9. The van der Waals surface area contributed by atoms with Crippen molar-refractivity contribution in [2.45, 2.75) is 96.9 Å². The number of likely N-dealkylation sites (tertiary alicyclic amines) is 1. The molecule has 5 amide bonds. The minimum Gasteiger partial charge on any atom is -0.480 e. The van der Waals surface area contributed by atoms with E-state index in [0.29, 0.717) is 18.4 Å². The van der Waals surface area contributed by atoms with E-state index >= 15 is 0 Å². The number of rotatable bonds is 17. The molecule has 1 aliphatic heterocycles. The molecule has 5 N–H and O–H groups in total. The first kappa shape index (κ1) is 41.2. The lowest BCUT2D eigenvalue weighted by atomic mass is 9.92. The van der Waals surface area contributed by atoms with Gasteiger partial charge in [0.2, 0.25) is 23.5 Å². The highest BCUT2D eigenvalue weighted by Crippen LogP contribution is 2.41. The predicted octanol–water partition coefficient (Wildman–Crippen LogP) is 0.844. The van der Waals surface area contributed by atoms with Crippen molar-refractivity contribution in [3.63, 3.8) is 0 Å². The fourth-order valence-electron chi connectivity index (χ4n) is 7.02. The summed E-state index contributed by atoms with van der Waals surface area (Å²) >= 11 is 0. The SMILES string of the molecule is CCCC(NC(=O)[C@@H]1[C@H]2CCC(=O)C2CN1C(=O)[C@@H](NC(=O)[C@H](NC(=O)c1cnccn1)C(C)C)C(C)C)C(=O)C(=O)N[C@@H](Cc1ccccc1)C(=O)O. The van der Waals surface area contributed by atoms with Gasteiger partial charge in [-0.2, -0.15) is 0 Å². The second-order valence-electron chi connectivity index (χ2n) is 14.5. The number of hydrogen-bond donors (Lipinski definition) is 5. The van der Waals surface area contributed by atoms with E-state index in [4.69, 9.17) is 0 Å². The summed E-state index contributed by atoms with van der Waals surface area (Å²) in [5, 5.41) is 20.1. The van der Waals surface area contributed by atoms with Crippen molar-refractivity contribution < 1.29 is 43.5 Å². The molecule has 0 radical (unpaired) electrons. The number of aliphatic carboxylic acids is 1. The first-order chi connectivity index (χ1) is 25.6. The van der Waals surface area contributed by atoms with Crippen LogP contribution >= 0.6 is 0 Å². The Bertz CT molecular complexity index is 1720. The molecule has 4 rings (SSSR count). The van der Waals surface area contributed by atoms with E-state index in [-0.39, 0.29) is 37.3 Å². The second-order valence-corrected chi connectivity index (χ2v) is 14.5. The van der Waals surface area contributed by atoms with Gasteiger partial charge in [-0.15, -0.1) is 0 Å². The normalized spacial score (nSPS) is 20.0. The van der Waals surface area contributed by atoms with E-state index in [0.717, 1.165) is 0 Å². The fraction of sp³-hybridized carbons (Fsp3) is 0.526. The molecule has 16 nitrogen and oxygen atoms in total. The van der Waals surface area contributed by atoms with Crippen molar-refractivity contribution >= 4 is 47.1 Å². The molecule has 2 aromatic rings. The number of carbonyl (C=O) groups is 8. The van der Waals surface area contributed by atoms with E-state index in [9.17, 15) is 43.5 Å². The third-order valence-electron chi connectivity index (χ3n) is 9.92. The number of nitrogens with zero attached hydrogens (tertiary/aromatic N) is 3. The van der Waals surface area contributed by atoms with Crippen LogP contribution in [-0.2, 0) is 40.0 Å². The Kier molecular flexibility index (Phi) is 14.1. The quantitative estimate of drug-likeness (QED) is 0.142. The summed E-state index contributed by atoms with van der Waals surface area (Å²) in [6.07, 6.45) is 4.88. The van der Waals surface area contributed by atoms with E-state index in [1.54, 1.807) is 65.0 Å². The van der Waals surface area contributed by atoms with Crippen LogP contribution in [0.1, 0.15) is 76.4 Å². The van der Waals surface area contributed by atoms with Crippen LogP contribution in [-0.4, -0.2) is 104 Å². The number of carbonyl (C=O) groups excluding carboxylic acids is 7. The van der Waals surface area contributed by atoms with Gasteiger partial charge in [-0.1, -0.05) is 71.4 Å². The van der Waals surface area contributed by atoms with E-state index in [2.05, 4.69) is 31.2 Å². The molecule has 1 aliphatic carbocycles. The van der Waals surface area contributed by atoms with Gasteiger partial charge < -0.3 is 31.3 Å². The maximum atomic E-state index is 14.3. The summed E-state index contributed by atoms with van der Waals surface area (Å²) in [5.74, 6) is -8.40. The van der Waals surface area contributed by atoms with Gasteiger partial charge in [0.05, 0.1) is 12.2 Å². The fourth-order valence-corrected chi connectivity index (χ4v) is 7.02. The lowest BCUT2D eigenvalue weighted by Gasteiger charge is -2.33. The summed E-state index contributed by atoms with van der Waals surface area (Å²) in [4.78, 5) is 116.